The highest BCUT2D eigenvalue weighted by molar-refractivity contribution is 9.10. The Balaban J connectivity index is 3.05. The summed E-state index contributed by atoms with van der Waals surface area (Å²) < 4.78 is 0.838. The molecule has 0 spiro atoms. The van der Waals surface area contributed by atoms with Gasteiger partial charge in [0.1, 0.15) is 0 Å². The maximum Gasteiger partial charge on any atom is 0.235 e. The minimum absolute atomic E-state index is 0.250. The highest BCUT2D eigenvalue weighted by Crippen LogP contribution is 2.18. The molecule has 1 aromatic rings. The molecule has 0 amide bonds. The molecule has 0 aromatic heterocycles. The van der Waals surface area contributed by atoms with Crippen molar-refractivity contribution in [2.45, 2.75) is 6.54 Å². The summed E-state index contributed by atoms with van der Waals surface area (Å²) in [5.74, 6) is 0. The molecular weight excluding hydrogens is 232 g/mol. The van der Waals surface area contributed by atoms with Crippen molar-refractivity contribution in [3.05, 3.63) is 33.8 Å². The zero-order chi connectivity index (χ0) is 9.68. The molecule has 3 nitrogen and oxygen atoms in total. The SMILES string of the molecule is N#Cc1ccc(Br)c(CN=C=O)c1. The summed E-state index contributed by atoms with van der Waals surface area (Å²) in [6, 6.07) is 7.15. The molecule has 13 heavy (non-hydrogen) atoms. The monoisotopic (exact) mass is 236 g/mol. The van der Waals surface area contributed by atoms with Crippen LogP contribution < -0.4 is 0 Å². The van der Waals surface area contributed by atoms with Gasteiger partial charge in [-0.15, -0.1) is 0 Å². The highest BCUT2D eigenvalue weighted by Gasteiger charge is 1.99. The van der Waals surface area contributed by atoms with E-state index in [9.17, 15) is 4.79 Å². The molecule has 0 saturated heterocycles. The number of carbonyl (C=O) groups excluding carboxylic acids is 1. The average Bonchev–Trinajstić information content (AvgIpc) is 2.17. The topological polar surface area (TPSA) is 53.2 Å². The van der Waals surface area contributed by atoms with E-state index < -0.39 is 0 Å². The van der Waals surface area contributed by atoms with Gasteiger partial charge in [-0.2, -0.15) is 5.26 Å². The minimum Gasteiger partial charge on any atom is -0.211 e. The molecule has 0 aliphatic rings. The number of isocyanates is 1. The molecule has 0 unspecified atom stereocenters. The van der Waals surface area contributed by atoms with Crippen LogP contribution in [0.1, 0.15) is 11.1 Å². The van der Waals surface area contributed by atoms with Crippen LogP contribution in [0.25, 0.3) is 0 Å². The van der Waals surface area contributed by atoms with Crippen molar-refractivity contribution in [1.29, 1.82) is 5.26 Å². The van der Waals surface area contributed by atoms with E-state index in [4.69, 9.17) is 5.26 Å². The molecule has 64 valence electrons. The number of hydrogen-bond acceptors (Lipinski definition) is 3. The van der Waals surface area contributed by atoms with Crippen LogP contribution in [0.5, 0.6) is 0 Å². The maximum absolute atomic E-state index is 9.87. The molecule has 0 heterocycles. The molecule has 0 bridgehead atoms. The van der Waals surface area contributed by atoms with Crippen molar-refractivity contribution in [3.63, 3.8) is 0 Å². The Kier molecular flexibility index (Phi) is 3.39. The van der Waals surface area contributed by atoms with E-state index in [-0.39, 0.29) is 6.54 Å². The number of benzene rings is 1. The van der Waals surface area contributed by atoms with Crippen LogP contribution in [0.15, 0.2) is 27.7 Å². The zero-order valence-electron chi connectivity index (χ0n) is 6.62. The highest BCUT2D eigenvalue weighted by atomic mass is 79.9. The predicted molar refractivity (Wildman–Crippen MR) is 50.7 cm³/mol. The van der Waals surface area contributed by atoms with Gasteiger partial charge in [-0.3, -0.25) is 0 Å². The van der Waals surface area contributed by atoms with Crippen LogP contribution in [-0.2, 0) is 11.3 Å². The summed E-state index contributed by atoms with van der Waals surface area (Å²) >= 11 is 3.29. The molecule has 0 N–H and O–H groups in total. The van der Waals surface area contributed by atoms with Gasteiger partial charge in [0, 0.05) is 4.47 Å². The Morgan fingerprint density at radius 1 is 1.54 bits per heavy atom. The molecule has 0 aliphatic carbocycles. The van der Waals surface area contributed by atoms with Crippen LogP contribution in [0.4, 0.5) is 0 Å². The van der Waals surface area contributed by atoms with Crippen LogP contribution in [0, 0.1) is 11.3 Å². The fraction of sp³-hybridized carbons (Fsp3) is 0.111. The van der Waals surface area contributed by atoms with E-state index in [1.165, 1.54) is 6.08 Å². The van der Waals surface area contributed by atoms with Gasteiger partial charge < -0.3 is 0 Å². The van der Waals surface area contributed by atoms with E-state index in [1.54, 1.807) is 18.2 Å². The second-order valence-electron chi connectivity index (χ2n) is 2.33. The molecule has 1 aromatic carbocycles. The number of halogens is 1. The summed E-state index contributed by atoms with van der Waals surface area (Å²) in [5, 5.41) is 8.61. The lowest BCUT2D eigenvalue weighted by atomic mass is 10.1. The third-order valence-corrected chi connectivity index (χ3v) is 2.26. The van der Waals surface area contributed by atoms with Gasteiger partial charge in [-0.05, 0) is 23.8 Å². The first-order chi connectivity index (χ1) is 6.27. The van der Waals surface area contributed by atoms with Gasteiger partial charge in [0.25, 0.3) is 0 Å². The number of nitrogens with zero attached hydrogens (tertiary/aromatic N) is 2. The maximum atomic E-state index is 9.87. The van der Waals surface area contributed by atoms with Crippen LogP contribution in [0.3, 0.4) is 0 Å². The zero-order valence-corrected chi connectivity index (χ0v) is 8.21. The largest absolute Gasteiger partial charge is 0.235 e. The van der Waals surface area contributed by atoms with Gasteiger partial charge in [0.2, 0.25) is 6.08 Å². The molecule has 0 atom stereocenters. The number of nitriles is 1. The summed E-state index contributed by atoms with van der Waals surface area (Å²) in [6.07, 6.45) is 1.45. The molecule has 0 aliphatic heterocycles. The van der Waals surface area contributed by atoms with Gasteiger partial charge in [0.05, 0.1) is 18.2 Å². The first kappa shape index (κ1) is 9.66. The Bertz CT molecular complexity index is 403. The van der Waals surface area contributed by atoms with Crippen molar-refractivity contribution in [3.8, 4) is 6.07 Å². The van der Waals surface area contributed by atoms with Crippen LogP contribution in [0.2, 0.25) is 0 Å². The molecule has 0 fully saturated rings. The Hall–Kier alpha value is -1.43. The first-order valence-electron chi connectivity index (χ1n) is 3.50. The fourth-order valence-corrected chi connectivity index (χ4v) is 1.25. The van der Waals surface area contributed by atoms with Crippen molar-refractivity contribution in [1.82, 2.24) is 0 Å². The predicted octanol–water partition coefficient (Wildman–Crippen LogP) is 2.16. The lowest BCUT2D eigenvalue weighted by molar-refractivity contribution is 0.562. The fourth-order valence-electron chi connectivity index (χ4n) is 0.883. The Morgan fingerprint density at radius 2 is 2.31 bits per heavy atom. The second-order valence-corrected chi connectivity index (χ2v) is 3.18. The Labute approximate surface area is 83.8 Å². The standard InChI is InChI=1S/C9H5BrN2O/c10-9-2-1-7(4-11)3-8(9)5-12-6-13/h1-3H,5H2. The lowest BCUT2D eigenvalue weighted by Gasteiger charge is -1.99. The summed E-state index contributed by atoms with van der Waals surface area (Å²) in [6.45, 7) is 0.250. The third-order valence-electron chi connectivity index (χ3n) is 1.49. The molecular formula is C9H5BrN2O. The second kappa shape index (κ2) is 4.56. The third kappa shape index (κ3) is 2.51. The number of aliphatic imine (C=N–C) groups is 1. The summed E-state index contributed by atoms with van der Waals surface area (Å²) in [4.78, 5) is 13.3. The summed E-state index contributed by atoms with van der Waals surface area (Å²) in [5.41, 5.74) is 1.36. The summed E-state index contributed by atoms with van der Waals surface area (Å²) in [7, 11) is 0. The van der Waals surface area contributed by atoms with Crippen molar-refractivity contribution in [2.75, 3.05) is 0 Å². The smallest absolute Gasteiger partial charge is 0.211 e. The van der Waals surface area contributed by atoms with E-state index in [0.717, 1.165) is 10.0 Å². The lowest BCUT2D eigenvalue weighted by Crippen LogP contribution is -1.85. The quantitative estimate of drug-likeness (QED) is 0.584. The normalized spacial score (nSPS) is 8.62. The first-order valence-corrected chi connectivity index (χ1v) is 4.29. The molecule has 4 heteroatoms. The molecule has 0 saturated carbocycles. The van der Waals surface area contributed by atoms with E-state index >= 15 is 0 Å². The molecule has 0 radical (unpaired) electrons. The number of rotatable bonds is 2. The van der Waals surface area contributed by atoms with Gasteiger partial charge in [0.15, 0.2) is 0 Å². The van der Waals surface area contributed by atoms with E-state index in [0.29, 0.717) is 5.56 Å². The molecule has 1 rings (SSSR count). The van der Waals surface area contributed by atoms with Crippen molar-refractivity contribution < 1.29 is 4.79 Å². The van der Waals surface area contributed by atoms with Crippen molar-refractivity contribution >= 4 is 22.0 Å². The van der Waals surface area contributed by atoms with Crippen LogP contribution in [-0.4, -0.2) is 6.08 Å². The van der Waals surface area contributed by atoms with Crippen molar-refractivity contribution in [2.24, 2.45) is 4.99 Å². The van der Waals surface area contributed by atoms with Gasteiger partial charge in [-0.1, -0.05) is 15.9 Å². The number of hydrogen-bond donors (Lipinski definition) is 0. The van der Waals surface area contributed by atoms with E-state index in [1.807, 2.05) is 6.07 Å². The Morgan fingerprint density at radius 3 is 2.92 bits per heavy atom. The van der Waals surface area contributed by atoms with E-state index in [2.05, 4.69) is 20.9 Å². The average molecular weight is 237 g/mol. The minimum atomic E-state index is 0.250. The van der Waals surface area contributed by atoms with Gasteiger partial charge >= 0.3 is 0 Å². The van der Waals surface area contributed by atoms with Gasteiger partial charge in [-0.25, -0.2) is 9.79 Å². The van der Waals surface area contributed by atoms with Crippen LogP contribution >= 0.6 is 15.9 Å².